The zero-order chi connectivity index (χ0) is 13.7. The van der Waals surface area contributed by atoms with Crippen molar-refractivity contribution in [2.24, 2.45) is 0 Å². The van der Waals surface area contributed by atoms with Gasteiger partial charge in [0.25, 0.3) is 5.88 Å². The van der Waals surface area contributed by atoms with Crippen molar-refractivity contribution in [3.63, 3.8) is 0 Å². The molecule has 0 atom stereocenters. The zero-order valence-electron chi connectivity index (χ0n) is 10.5. The van der Waals surface area contributed by atoms with Crippen LogP contribution in [0.2, 0.25) is 0 Å². The number of hydrogen-bond acceptors (Lipinski definition) is 4. The third kappa shape index (κ3) is 3.64. The average Bonchev–Trinajstić information content (AvgIpc) is 2.90. The van der Waals surface area contributed by atoms with Crippen LogP contribution < -0.4 is 10.1 Å². The molecule has 6 heteroatoms. The molecule has 2 heterocycles. The first-order valence-electron chi connectivity index (χ1n) is 5.95. The molecule has 2 rings (SSSR count). The van der Waals surface area contributed by atoms with Crippen molar-refractivity contribution in [3.05, 3.63) is 40.1 Å². The molecule has 0 unspecified atom stereocenters. The highest BCUT2D eigenvalue weighted by Gasteiger charge is 2.13. The van der Waals surface area contributed by atoms with Crippen LogP contribution in [0.4, 0.5) is 14.6 Å². The molecule has 0 fully saturated rings. The van der Waals surface area contributed by atoms with Crippen molar-refractivity contribution >= 4 is 17.2 Å². The second-order valence-corrected chi connectivity index (χ2v) is 4.93. The molecule has 0 saturated heterocycles. The molecule has 2 aromatic heterocycles. The number of hydrogen-bond donors (Lipinski definition) is 1. The minimum Gasteiger partial charge on any atom is -0.470 e. The van der Waals surface area contributed by atoms with Gasteiger partial charge in [0, 0.05) is 17.5 Å². The van der Waals surface area contributed by atoms with Gasteiger partial charge in [0.05, 0.1) is 0 Å². The van der Waals surface area contributed by atoms with E-state index in [-0.39, 0.29) is 18.3 Å². The van der Waals surface area contributed by atoms with Crippen molar-refractivity contribution in [1.29, 1.82) is 0 Å². The largest absolute Gasteiger partial charge is 0.470 e. The van der Waals surface area contributed by atoms with E-state index < -0.39 is 11.6 Å². The summed E-state index contributed by atoms with van der Waals surface area (Å²) in [6, 6.07) is 4.54. The molecule has 0 spiro atoms. The van der Waals surface area contributed by atoms with Crippen molar-refractivity contribution in [2.45, 2.75) is 20.0 Å². The molecule has 102 valence electrons. The lowest BCUT2D eigenvalue weighted by Gasteiger charge is -2.09. The second kappa shape index (κ2) is 6.47. The Morgan fingerprint density at radius 2 is 2.21 bits per heavy atom. The Morgan fingerprint density at radius 1 is 1.37 bits per heavy atom. The summed E-state index contributed by atoms with van der Waals surface area (Å²) in [5.74, 6) is -1.68. The fraction of sp³-hybridized carbons (Fsp3) is 0.308. The standard InChI is InChI=1S/C13H14F2N2OS/c1-2-5-16-12-10(14)7-11(15)13(17-12)18-8-9-4-3-6-19-9/h3-4,6-7H,2,5,8H2,1H3,(H,16,17). The predicted molar refractivity (Wildman–Crippen MR) is 71.6 cm³/mol. The van der Waals surface area contributed by atoms with E-state index in [4.69, 9.17) is 4.74 Å². The molecule has 0 aromatic carbocycles. The smallest absolute Gasteiger partial charge is 0.252 e. The SMILES string of the molecule is CCCNc1nc(OCc2cccs2)c(F)cc1F. The zero-order valence-corrected chi connectivity index (χ0v) is 11.3. The first kappa shape index (κ1) is 13.7. The molecule has 0 aliphatic carbocycles. The Bertz CT molecular complexity index is 532. The minimum atomic E-state index is -0.795. The molecule has 0 aliphatic rings. The van der Waals surface area contributed by atoms with E-state index in [1.807, 2.05) is 24.4 Å². The van der Waals surface area contributed by atoms with Gasteiger partial charge in [-0.25, -0.2) is 8.78 Å². The Labute approximate surface area is 114 Å². The number of halogens is 2. The Balaban J connectivity index is 2.10. The number of nitrogens with one attached hydrogen (secondary N) is 1. The summed E-state index contributed by atoms with van der Waals surface area (Å²) in [5.41, 5.74) is 0. The van der Waals surface area contributed by atoms with Crippen molar-refractivity contribution in [3.8, 4) is 5.88 Å². The van der Waals surface area contributed by atoms with E-state index in [9.17, 15) is 8.78 Å². The van der Waals surface area contributed by atoms with Gasteiger partial charge in [-0.3, -0.25) is 0 Å². The van der Waals surface area contributed by atoms with Crippen molar-refractivity contribution in [2.75, 3.05) is 11.9 Å². The Hall–Kier alpha value is -1.69. The lowest BCUT2D eigenvalue weighted by Crippen LogP contribution is -2.07. The maximum Gasteiger partial charge on any atom is 0.252 e. The van der Waals surface area contributed by atoms with Gasteiger partial charge in [0.2, 0.25) is 0 Å². The highest BCUT2D eigenvalue weighted by Crippen LogP contribution is 2.22. The van der Waals surface area contributed by atoms with E-state index in [1.165, 1.54) is 11.3 Å². The third-order valence-corrected chi connectivity index (χ3v) is 3.22. The average molecular weight is 284 g/mol. The quantitative estimate of drug-likeness (QED) is 0.875. The summed E-state index contributed by atoms with van der Waals surface area (Å²) in [4.78, 5) is 4.78. The normalized spacial score (nSPS) is 10.5. The van der Waals surface area contributed by atoms with Crippen LogP contribution in [0, 0.1) is 11.6 Å². The van der Waals surface area contributed by atoms with Gasteiger partial charge < -0.3 is 10.1 Å². The van der Waals surface area contributed by atoms with Crippen LogP contribution in [0.5, 0.6) is 5.88 Å². The topological polar surface area (TPSA) is 34.2 Å². The molecule has 19 heavy (non-hydrogen) atoms. The molecule has 1 N–H and O–H groups in total. The van der Waals surface area contributed by atoms with Crippen LogP contribution in [-0.2, 0) is 6.61 Å². The Kier molecular flexibility index (Phi) is 4.68. The number of nitrogens with zero attached hydrogens (tertiary/aromatic N) is 1. The molecular formula is C13H14F2N2OS. The van der Waals surface area contributed by atoms with Gasteiger partial charge in [-0.1, -0.05) is 13.0 Å². The third-order valence-electron chi connectivity index (χ3n) is 2.37. The van der Waals surface area contributed by atoms with Gasteiger partial charge >= 0.3 is 0 Å². The minimum absolute atomic E-state index is 0.0180. The first-order chi connectivity index (χ1) is 9.20. The highest BCUT2D eigenvalue weighted by atomic mass is 32.1. The van der Waals surface area contributed by atoms with Crippen LogP contribution in [0.3, 0.4) is 0 Å². The number of aromatic nitrogens is 1. The molecule has 2 aromatic rings. The monoisotopic (exact) mass is 284 g/mol. The predicted octanol–water partition coefficient (Wildman–Crippen LogP) is 3.82. The van der Waals surface area contributed by atoms with Gasteiger partial charge in [-0.05, 0) is 17.9 Å². The van der Waals surface area contributed by atoms with E-state index in [0.717, 1.165) is 17.4 Å². The maximum atomic E-state index is 13.5. The van der Waals surface area contributed by atoms with Gasteiger partial charge in [0.1, 0.15) is 6.61 Å². The van der Waals surface area contributed by atoms with Crippen LogP contribution in [-0.4, -0.2) is 11.5 Å². The van der Waals surface area contributed by atoms with Crippen molar-refractivity contribution in [1.82, 2.24) is 4.98 Å². The lowest BCUT2D eigenvalue weighted by atomic mass is 10.4. The summed E-state index contributed by atoms with van der Waals surface area (Å²) in [7, 11) is 0. The van der Waals surface area contributed by atoms with Gasteiger partial charge in [-0.15, -0.1) is 11.3 Å². The van der Waals surface area contributed by atoms with Crippen LogP contribution >= 0.6 is 11.3 Å². The van der Waals surface area contributed by atoms with E-state index >= 15 is 0 Å². The van der Waals surface area contributed by atoms with Gasteiger partial charge in [0.15, 0.2) is 17.5 Å². The van der Waals surface area contributed by atoms with Crippen LogP contribution in [0.25, 0.3) is 0 Å². The highest BCUT2D eigenvalue weighted by molar-refractivity contribution is 7.09. The summed E-state index contributed by atoms with van der Waals surface area (Å²) in [6.45, 7) is 2.74. The fourth-order valence-corrected chi connectivity index (χ4v) is 2.07. The number of ether oxygens (including phenoxy) is 1. The van der Waals surface area contributed by atoms with Gasteiger partial charge in [-0.2, -0.15) is 4.98 Å². The summed E-state index contributed by atoms with van der Waals surface area (Å²) < 4.78 is 32.3. The molecule has 0 bridgehead atoms. The number of rotatable bonds is 6. The molecule has 0 aliphatic heterocycles. The second-order valence-electron chi connectivity index (χ2n) is 3.90. The van der Waals surface area contributed by atoms with E-state index in [2.05, 4.69) is 10.3 Å². The van der Waals surface area contributed by atoms with Crippen molar-refractivity contribution < 1.29 is 13.5 Å². The Morgan fingerprint density at radius 3 is 2.89 bits per heavy atom. The van der Waals surface area contributed by atoms with E-state index in [1.54, 1.807) is 0 Å². The first-order valence-corrected chi connectivity index (χ1v) is 6.83. The van der Waals surface area contributed by atoms with E-state index in [0.29, 0.717) is 6.54 Å². The summed E-state index contributed by atoms with van der Waals surface area (Å²) >= 11 is 1.50. The summed E-state index contributed by atoms with van der Waals surface area (Å²) in [6.07, 6.45) is 0.823. The van der Waals surface area contributed by atoms with Crippen LogP contribution in [0.1, 0.15) is 18.2 Å². The molecule has 0 amide bonds. The molecule has 3 nitrogen and oxygen atoms in total. The summed E-state index contributed by atoms with van der Waals surface area (Å²) in [5, 5.41) is 4.70. The number of pyridine rings is 1. The maximum absolute atomic E-state index is 13.5. The molecule has 0 radical (unpaired) electrons. The molecular weight excluding hydrogens is 270 g/mol. The number of anilines is 1. The molecule has 0 saturated carbocycles. The fourth-order valence-electron chi connectivity index (χ4n) is 1.45. The lowest BCUT2D eigenvalue weighted by molar-refractivity contribution is 0.279. The number of thiophene rings is 1. The van der Waals surface area contributed by atoms with Crippen LogP contribution in [0.15, 0.2) is 23.6 Å².